The van der Waals surface area contributed by atoms with Gasteiger partial charge in [0.15, 0.2) is 17.7 Å². The van der Waals surface area contributed by atoms with Gasteiger partial charge in [0.2, 0.25) is 16.9 Å². The zero-order valence-electron chi connectivity index (χ0n) is 33.3. The monoisotopic (exact) mass is 957 g/mol. The number of aromatic nitrogens is 4. The SMILES string of the molecule is COc1ccc(OC)c(C=CC(=O)SCCNC(=O)CCNC(=O)[C@H](O)C(C)(C)COP(=O)(O)OP(=O)(O)OC[C@H]2O[C@@H](n3cnc4c(N)ncnc43)[C@H](O)[C@@H]2OP(=O)(O)O)c1. The number of phosphoric ester groups is 3. The predicted molar refractivity (Wildman–Crippen MR) is 216 cm³/mol. The molecule has 1 saturated heterocycles. The average Bonchev–Trinajstić information content (AvgIpc) is 3.76. The van der Waals surface area contributed by atoms with Crippen LogP contribution in [0.3, 0.4) is 0 Å². The number of phosphoric acid groups is 3. The van der Waals surface area contributed by atoms with E-state index in [-0.39, 0.29) is 47.4 Å². The van der Waals surface area contributed by atoms with Crippen molar-refractivity contribution in [2.24, 2.45) is 5.41 Å². The number of carbonyl (C=O) groups excluding carboxylic acids is 3. The van der Waals surface area contributed by atoms with E-state index < -0.39 is 84.6 Å². The third-order valence-electron chi connectivity index (χ3n) is 8.58. The van der Waals surface area contributed by atoms with Gasteiger partial charge in [-0.15, -0.1) is 0 Å². The van der Waals surface area contributed by atoms with Crippen molar-refractivity contribution < 1.29 is 90.0 Å². The number of nitrogens with zero attached hydrogens (tertiary/aromatic N) is 4. The molecule has 26 nitrogen and oxygen atoms in total. The van der Waals surface area contributed by atoms with Gasteiger partial charge in [0, 0.05) is 36.2 Å². The maximum absolute atomic E-state index is 12.7. The third kappa shape index (κ3) is 14.6. The van der Waals surface area contributed by atoms with E-state index in [1.807, 2.05) is 0 Å². The van der Waals surface area contributed by atoms with Gasteiger partial charge in [-0.1, -0.05) is 25.6 Å². The number of benzene rings is 1. The molecule has 2 amide bonds. The summed E-state index contributed by atoms with van der Waals surface area (Å²) < 4.78 is 72.7. The van der Waals surface area contributed by atoms with E-state index in [1.54, 1.807) is 24.3 Å². The van der Waals surface area contributed by atoms with Gasteiger partial charge in [0.25, 0.3) is 0 Å². The van der Waals surface area contributed by atoms with Crippen LogP contribution < -0.4 is 25.8 Å². The summed E-state index contributed by atoms with van der Waals surface area (Å²) in [7, 11) is -13.4. The summed E-state index contributed by atoms with van der Waals surface area (Å²) in [5.74, 6) is -0.160. The van der Waals surface area contributed by atoms with Gasteiger partial charge >= 0.3 is 23.5 Å². The van der Waals surface area contributed by atoms with Crippen molar-refractivity contribution in [3.63, 3.8) is 0 Å². The standard InChI is InChI=1S/C32H46N7O19P3S/c1-32(2,27(43)30(44)35-10-9-22(40)34-11-12-62-23(41)8-5-18-13-19(52-3)6-7-20(18)53-4)15-55-61(50,51)58-60(48,49)54-14-21-26(57-59(45,46)47)25(42)31(56-21)39-17-38-24-28(33)36-16-37-29(24)39/h5-8,13,16-17,21,25-27,31,42-43H,9-12,14-15H2,1-4H3,(H,34,40)(H,35,44)(H,48,49)(H,50,51)(H2,33,36,37)(H2,45,46,47)/t21-,25-,26-,27+,31-/m1/s1. The Morgan fingerprint density at radius 3 is 2.42 bits per heavy atom. The molecule has 62 heavy (non-hydrogen) atoms. The van der Waals surface area contributed by atoms with Gasteiger partial charge in [0.05, 0.1) is 33.8 Å². The molecular weight excluding hydrogens is 911 g/mol. The molecule has 1 fully saturated rings. The van der Waals surface area contributed by atoms with Crippen molar-refractivity contribution in [2.75, 3.05) is 52.0 Å². The van der Waals surface area contributed by atoms with E-state index in [4.69, 9.17) is 29.0 Å². The van der Waals surface area contributed by atoms with Crippen LogP contribution >= 0.6 is 35.2 Å². The molecule has 10 N–H and O–H groups in total. The fourth-order valence-electron chi connectivity index (χ4n) is 5.46. The average molecular weight is 958 g/mol. The van der Waals surface area contributed by atoms with Crippen LogP contribution in [0, 0.1) is 5.41 Å². The molecule has 0 radical (unpaired) electrons. The normalized spacial score (nSPS) is 20.7. The number of rotatable bonds is 23. The molecule has 1 aliphatic rings. The van der Waals surface area contributed by atoms with Crippen LogP contribution in [-0.4, -0.2) is 137 Å². The molecule has 30 heteroatoms. The Balaban J connectivity index is 1.20. The molecule has 2 aromatic heterocycles. The summed E-state index contributed by atoms with van der Waals surface area (Å²) in [6.07, 6.45) is -4.10. The quantitative estimate of drug-likeness (QED) is 0.0353. The summed E-state index contributed by atoms with van der Waals surface area (Å²) in [6.45, 7) is 0.332. The van der Waals surface area contributed by atoms with Crippen LogP contribution in [-0.2, 0) is 50.7 Å². The maximum Gasteiger partial charge on any atom is 0.481 e. The van der Waals surface area contributed by atoms with Gasteiger partial charge in [0.1, 0.15) is 47.8 Å². The Bertz CT molecular complexity index is 2240. The fourth-order valence-corrected chi connectivity index (χ4v) is 8.86. The molecule has 4 rings (SSSR count). The van der Waals surface area contributed by atoms with Crippen molar-refractivity contribution in [1.82, 2.24) is 30.2 Å². The first-order valence-electron chi connectivity index (χ1n) is 17.9. The van der Waals surface area contributed by atoms with Crippen LogP contribution in [0.2, 0.25) is 0 Å². The maximum atomic E-state index is 12.7. The Kier molecular flexibility index (Phi) is 17.7. The van der Waals surface area contributed by atoms with E-state index in [2.05, 4.69) is 34.4 Å². The minimum absolute atomic E-state index is 0.0244. The van der Waals surface area contributed by atoms with E-state index in [0.717, 1.165) is 29.0 Å². The second kappa shape index (κ2) is 21.7. The molecule has 3 aromatic rings. The smallest absolute Gasteiger partial charge is 0.481 e. The Morgan fingerprint density at radius 1 is 1.03 bits per heavy atom. The molecule has 0 aliphatic carbocycles. The number of amides is 2. The van der Waals surface area contributed by atoms with Gasteiger partial charge in [-0.3, -0.25) is 32.5 Å². The van der Waals surface area contributed by atoms with E-state index in [9.17, 15) is 57.9 Å². The first kappa shape index (κ1) is 50.8. The second-order valence-electron chi connectivity index (χ2n) is 13.7. The molecular formula is C32H46N7O19P3S. The van der Waals surface area contributed by atoms with Gasteiger partial charge in [-0.25, -0.2) is 28.6 Å². The van der Waals surface area contributed by atoms with Crippen LogP contribution in [0.5, 0.6) is 11.5 Å². The number of thioether (sulfide) groups is 1. The lowest BCUT2D eigenvalue weighted by atomic mass is 9.87. The lowest BCUT2D eigenvalue weighted by molar-refractivity contribution is -0.137. The first-order valence-corrected chi connectivity index (χ1v) is 23.4. The molecule has 7 atom stereocenters. The summed E-state index contributed by atoms with van der Waals surface area (Å²) in [6, 6.07) is 5.11. The molecule has 344 valence electrons. The number of hydrogen-bond acceptors (Lipinski definition) is 20. The van der Waals surface area contributed by atoms with E-state index in [0.29, 0.717) is 17.1 Å². The molecule has 1 aromatic carbocycles. The van der Waals surface area contributed by atoms with Crippen molar-refractivity contribution in [2.45, 2.75) is 50.9 Å². The summed E-state index contributed by atoms with van der Waals surface area (Å²) in [5, 5.41) is 26.2. The Hall–Kier alpha value is -3.88. The summed E-state index contributed by atoms with van der Waals surface area (Å²) >= 11 is 0.954. The largest absolute Gasteiger partial charge is 0.497 e. The summed E-state index contributed by atoms with van der Waals surface area (Å²) in [4.78, 5) is 88.2. The molecule has 2 unspecified atom stereocenters. The van der Waals surface area contributed by atoms with Gasteiger partial charge in [-0.05, 0) is 30.4 Å². The van der Waals surface area contributed by atoms with Crippen LogP contribution in [0.4, 0.5) is 5.82 Å². The number of ether oxygens (including phenoxy) is 3. The number of anilines is 1. The van der Waals surface area contributed by atoms with Crippen LogP contribution in [0.25, 0.3) is 17.2 Å². The van der Waals surface area contributed by atoms with Crippen molar-refractivity contribution in [3.05, 3.63) is 42.5 Å². The molecule has 1 aliphatic heterocycles. The highest BCUT2D eigenvalue weighted by Gasteiger charge is 2.50. The zero-order valence-corrected chi connectivity index (χ0v) is 36.8. The Morgan fingerprint density at radius 2 is 1.74 bits per heavy atom. The zero-order chi connectivity index (χ0) is 46.0. The molecule has 3 heterocycles. The molecule has 0 bridgehead atoms. The lowest BCUT2D eigenvalue weighted by Crippen LogP contribution is -2.46. The summed E-state index contributed by atoms with van der Waals surface area (Å²) in [5.41, 5.74) is 4.86. The van der Waals surface area contributed by atoms with E-state index in [1.165, 1.54) is 34.1 Å². The number of aliphatic hydroxyl groups excluding tert-OH is 2. The van der Waals surface area contributed by atoms with Crippen LogP contribution in [0.1, 0.15) is 32.1 Å². The highest BCUT2D eigenvalue weighted by Crippen LogP contribution is 2.61. The van der Waals surface area contributed by atoms with Gasteiger partial charge < -0.3 is 60.4 Å². The third-order valence-corrected chi connectivity index (χ3v) is 12.5. The number of nitrogen functional groups attached to an aromatic ring is 1. The number of imidazole rings is 1. The minimum atomic E-state index is -5.59. The molecule has 0 spiro atoms. The fraction of sp³-hybridized carbons (Fsp3) is 0.500. The van der Waals surface area contributed by atoms with E-state index >= 15 is 0 Å². The minimum Gasteiger partial charge on any atom is -0.497 e. The van der Waals surface area contributed by atoms with Crippen molar-refractivity contribution >= 4 is 75.2 Å². The lowest BCUT2D eigenvalue weighted by Gasteiger charge is -2.30. The number of aliphatic hydroxyl groups is 2. The van der Waals surface area contributed by atoms with Crippen molar-refractivity contribution in [1.29, 1.82) is 0 Å². The topological polar surface area (TPSA) is 382 Å². The second-order valence-corrected chi connectivity index (χ2v) is 19.0. The number of nitrogens with one attached hydrogen (secondary N) is 2. The highest BCUT2D eigenvalue weighted by atomic mass is 32.2. The van der Waals surface area contributed by atoms with Crippen molar-refractivity contribution in [3.8, 4) is 11.5 Å². The van der Waals surface area contributed by atoms with Gasteiger partial charge in [-0.2, -0.15) is 4.31 Å². The highest BCUT2D eigenvalue weighted by molar-refractivity contribution is 8.14. The number of nitrogens with two attached hydrogens (primary N) is 1. The number of fused-ring (bicyclic) bond motifs is 1. The predicted octanol–water partition coefficient (Wildman–Crippen LogP) is 0.395. The molecule has 0 saturated carbocycles. The number of hydrogen-bond donors (Lipinski definition) is 9. The van der Waals surface area contributed by atoms with Crippen LogP contribution in [0.15, 0.2) is 36.9 Å². The Labute approximate surface area is 356 Å². The number of carbonyl (C=O) groups is 3. The number of methoxy groups -OCH3 is 2. The first-order chi connectivity index (χ1) is 29.0.